The molecular weight excluding hydrogens is 342 g/mol. The molecule has 0 radical (unpaired) electrons. The molecule has 0 amide bonds. The third-order valence-corrected chi connectivity index (χ3v) is 4.57. The van der Waals surface area contributed by atoms with Crippen LogP contribution in [0.15, 0.2) is 17.1 Å². The average Bonchev–Trinajstić information content (AvgIpc) is 2.95. The van der Waals surface area contributed by atoms with Gasteiger partial charge in [0, 0.05) is 12.8 Å². The van der Waals surface area contributed by atoms with Crippen molar-refractivity contribution in [2.75, 3.05) is 17.7 Å². The van der Waals surface area contributed by atoms with Gasteiger partial charge >= 0.3 is 0 Å². The molecule has 2 aliphatic rings. The molecule has 1 aromatic rings. The van der Waals surface area contributed by atoms with E-state index in [2.05, 4.69) is 32.1 Å². The number of hydrogen-bond donors (Lipinski definition) is 4. The lowest BCUT2D eigenvalue weighted by molar-refractivity contribution is 0.157. The molecule has 1 aliphatic carbocycles. The van der Waals surface area contributed by atoms with Crippen LogP contribution in [0.4, 0.5) is 11.8 Å². The molecule has 2 heterocycles. The Morgan fingerprint density at radius 3 is 2.88 bits per heavy atom. The first kappa shape index (κ1) is 17.7. The lowest BCUT2D eigenvalue weighted by Gasteiger charge is -2.18. The smallest absolute Gasteiger partial charge is 0.223 e. The van der Waals surface area contributed by atoms with Gasteiger partial charge in [0.25, 0.3) is 0 Å². The third kappa shape index (κ3) is 4.28. The van der Waals surface area contributed by atoms with E-state index < -0.39 is 6.10 Å². The van der Waals surface area contributed by atoms with E-state index in [1.165, 1.54) is 0 Å². The number of anilines is 2. The Morgan fingerprint density at radius 1 is 1.36 bits per heavy atom. The number of nitrogens with one attached hydrogen (secondary N) is 1. The number of dihydropyridines is 1. The van der Waals surface area contributed by atoms with Gasteiger partial charge in [0.05, 0.1) is 12.1 Å². The molecule has 1 unspecified atom stereocenters. The Labute approximate surface area is 151 Å². The van der Waals surface area contributed by atoms with Crippen LogP contribution in [0.5, 0.6) is 0 Å². The highest BCUT2D eigenvalue weighted by Crippen LogP contribution is 2.30. The highest BCUT2D eigenvalue weighted by Gasteiger charge is 2.33. The van der Waals surface area contributed by atoms with E-state index >= 15 is 0 Å². The number of nitrogen functional groups attached to an aromatic ring is 1. The molecule has 8 heteroatoms. The molecule has 0 aromatic carbocycles. The van der Waals surface area contributed by atoms with Gasteiger partial charge in [-0.25, -0.2) is 0 Å². The largest absolute Gasteiger partial charge is 0.396 e. The average molecular weight is 362 g/mol. The Balaban J connectivity index is 1.84. The van der Waals surface area contributed by atoms with Crippen LogP contribution in [-0.4, -0.2) is 51.2 Å². The van der Waals surface area contributed by atoms with Gasteiger partial charge < -0.3 is 21.3 Å². The van der Waals surface area contributed by atoms with Gasteiger partial charge in [-0.05, 0) is 31.3 Å². The normalized spacial score (nSPS) is 27.8. The lowest BCUT2D eigenvalue weighted by Crippen LogP contribution is -2.29. The minimum atomic E-state index is -0.582. The minimum Gasteiger partial charge on any atom is -0.396 e. The molecule has 4 atom stereocenters. The second-order valence-electron chi connectivity index (χ2n) is 6.18. The summed E-state index contributed by atoms with van der Waals surface area (Å²) >= 11 is 6.20. The van der Waals surface area contributed by atoms with Crippen molar-refractivity contribution in [3.63, 3.8) is 0 Å². The molecule has 0 bridgehead atoms. The van der Waals surface area contributed by atoms with Crippen molar-refractivity contribution in [3.05, 3.63) is 22.9 Å². The second-order valence-corrected chi connectivity index (χ2v) is 6.54. The van der Waals surface area contributed by atoms with Crippen LogP contribution in [0.2, 0.25) is 5.15 Å². The fraction of sp³-hybridized carbons (Fsp3) is 0.471. The molecule has 25 heavy (non-hydrogen) atoms. The number of halogens is 1. The molecular formula is C17H20ClN5O2. The fourth-order valence-corrected chi connectivity index (χ4v) is 3.22. The van der Waals surface area contributed by atoms with Gasteiger partial charge in [0.15, 0.2) is 5.15 Å². The zero-order valence-electron chi connectivity index (χ0n) is 13.6. The monoisotopic (exact) mass is 361 g/mol. The van der Waals surface area contributed by atoms with Crippen LogP contribution in [0.1, 0.15) is 24.8 Å². The first-order valence-corrected chi connectivity index (χ1v) is 8.53. The molecule has 1 fully saturated rings. The summed E-state index contributed by atoms with van der Waals surface area (Å²) in [5.41, 5.74) is 6.13. The number of aromatic nitrogens is 2. The number of aliphatic hydroxyl groups is 2. The number of nitrogens with zero attached hydrogens (tertiary/aromatic N) is 3. The van der Waals surface area contributed by atoms with Gasteiger partial charge in [0.1, 0.15) is 17.4 Å². The van der Waals surface area contributed by atoms with Crippen molar-refractivity contribution in [3.8, 4) is 11.8 Å². The molecule has 0 spiro atoms. The summed E-state index contributed by atoms with van der Waals surface area (Å²) in [6.07, 6.45) is 6.91. The predicted octanol–water partition coefficient (Wildman–Crippen LogP) is 1.01. The maximum Gasteiger partial charge on any atom is 0.223 e. The molecule has 0 saturated heterocycles. The van der Waals surface area contributed by atoms with Crippen molar-refractivity contribution < 1.29 is 10.2 Å². The van der Waals surface area contributed by atoms with Crippen LogP contribution in [0, 0.1) is 17.8 Å². The maximum absolute atomic E-state index is 10.2. The van der Waals surface area contributed by atoms with Crippen LogP contribution >= 0.6 is 11.6 Å². The van der Waals surface area contributed by atoms with E-state index in [0.717, 1.165) is 6.42 Å². The topological polar surface area (TPSA) is 117 Å². The summed E-state index contributed by atoms with van der Waals surface area (Å²) in [6, 6.07) is -0.388. The third-order valence-electron chi connectivity index (χ3n) is 4.30. The standard InChI is InChI=1S/C17H20ClN5O2/c18-15-12(5-4-11-3-1-2-6-20-11)16(23-17(19)22-15)21-13-7-10(9-24)8-14(13)25/h1-2,6,10-11,13-14,24-25H,3,7-9H2,(H3,19,21,22,23)/t10-,11?,13+,14+/m0/s1. The Hall–Kier alpha value is -2.14. The van der Waals surface area contributed by atoms with Crippen molar-refractivity contribution in [2.24, 2.45) is 10.9 Å². The highest BCUT2D eigenvalue weighted by molar-refractivity contribution is 6.31. The molecule has 5 N–H and O–H groups in total. The van der Waals surface area contributed by atoms with E-state index in [1.54, 1.807) is 6.21 Å². The van der Waals surface area contributed by atoms with E-state index in [0.29, 0.717) is 24.2 Å². The van der Waals surface area contributed by atoms with Crippen molar-refractivity contribution in [1.82, 2.24) is 9.97 Å². The van der Waals surface area contributed by atoms with Gasteiger partial charge in [-0.3, -0.25) is 4.99 Å². The summed E-state index contributed by atoms with van der Waals surface area (Å²) in [7, 11) is 0. The van der Waals surface area contributed by atoms with Gasteiger partial charge in [-0.2, -0.15) is 9.97 Å². The molecule has 1 aliphatic heterocycles. The van der Waals surface area contributed by atoms with E-state index in [9.17, 15) is 10.2 Å². The second kappa shape index (κ2) is 7.83. The van der Waals surface area contributed by atoms with Gasteiger partial charge in [-0.15, -0.1) is 0 Å². The number of aliphatic hydroxyl groups excluding tert-OH is 2. The summed E-state index contributed by atoms with van der Waals surface area (Å²) < 4.78 is 0. The highest BCUT2D eigenvalue weighted by atomic mass is 35.5. The number of aliphatic imine (C=N–C) groups is 1. The molecule has 1 aromatic heterocycles. The first-order valence-electron chi connectivity index (χ1n) is 8.15. The zero-order chi connectivity index (χ0) is 17.8. The summed E-state index contributed by atoms with van der Waals surface area (Å²) in [5, 5.41) is 22.8. The molecule has 3 rings (SSSR count). The van der Waals surface area contributed by atoms with Crippen LogP contribution in [0.3, 0.4) is 0 Å². The van der Waals surface area contributed by atoms with Gasteiger partial charge in [0.2, 0.25) is 5.95 Å². The Morgan fingerprint density at radius 2 is 2.20 bits per heavy atom. The quantitative estimate of drug-likeness (QED) is 0.471. The van der Waals surface area contributed by atoms with Crippen molar-refractivity contribution in [2.45, 2.75) is 37.5 Å². The van der Waals surface area contributed by atoms with Crippen molar-refractivity contribution >= 4 is 29.6 Å². The number of rotatable bonds is 3. The lowest BCUT2D eigenvalue weighted by atomic mass is 10.1. The number of hydrogen-bond acceptors (Lipinski definition) is 7. The number of nitrogens with two attached hydrogens (primary N) is 1. The van der Waals surface area contributed by atoms with E-state index in [4.69, 9.17) is 17.3 Å². The van der Waals surface area contributed by atoms with Crippen LogP contribution in [0.25, 0.3) is 0 Å². The zero-order valence-corrected chi connectivity index (χ0v) is 14.3. The van der Waals surface area contributed by atoms with Crippen LogP contribution < -0.4 is 11.1 Å². The fourth-order valence-electron chi connectivity index (χ4n) is 3.00. The van der Waals surface area contributed by atoms with E-state index in [-0.39, 0.29) is 35.7 Å². The Kier molecular flexibility index (Phi) is 5.53. The molecule has 132 valence electrons. The summed E-state index contributed by atoms with van der Waals surface area (Å²) in [5.74, 6) is 6.51. The minimum absolute atomic E-state index is 0.0304. The van der Waals surface area contributed by atoms with Crippen molar-refractivity contribution in [1.29, 1.82) is 0 Å². The van der Waals surface area contributed by atoms with Gasteiger partial charge in [-0.1, -0.05) is 29.5 Å². The van der Waals surface area contributed by atoms with E-state index in [1.807, 2.05) is 12.2 Å². The SMILES string of the molecule is Nc1nc(Cl)c(C#CC2CC=CC=N2)c(N[C@@H]2C[C@H](CO)C[C@H]2O)n1. The molecule has 1 saturated carbocycles. The predicted molar refractivity (Wildman–Crippen MR) is 97.6 cm³/mol. The Bertz CT molecular complexity index is 755. The van der Waals surface area contributed by atoms with Crippen LogP contribution in [-0.2, 0) is 0 Å². The molecule has 7 nitrogen and oxygen atoms in total. The first-order chi connectivity index (χ1) is 12.1. The summed E-state index contributed by atoms with van der Waals surface area (Å²) in [6.45, 7) is 0.0434. The summed E-state index contributed by atoms with van der Waals surface area (Å²) in [4.78, 5) is 12.4. The maximum atomic E-state index is 10.2. The number of allylic oxidation sites excluding steroid dienone is 1.